The highest BCUT2D eigenvalue weighted by molar-refractivity contribution is 6.32. The van der Waals surface area contributed by atoms with E-state index in [2.05, 4.69) is 39.7 Å². The zero-order chi connectivity index (χ0) is 18.4. The Morgan fingerprint density at radius 1 is 1.00 bits per heavy atom. The van der Waals surface area contributed by atoms with Gasteiger partial charge in [-0.3, -0.25) is 0 Å². The summed E-state index contributed by atoms with van der Waals surface area (Å²) in [4.78, 5) is 3.95. The predicted molar refractivity (Wildman–Crippen MR) is 101 cm³/mol. The molecule has 0 fully saturated rings. The molecule has 1 heterocycles. The van der Waals surface area contributed by atoms with E-state index in [9.17, 15) is 0 Å². The number of benzene rings is 2. The van der Waals surface area contributed by atoms with Crippen molar-refractivity contribution < 1.29 is 9.47 Å². The number of aromatic nitrogens is 3. The zero-order valence-corrected chi connectivity index (χ0v) is 15.5. The molecule has 0 unspecified atom stereocenters. The molecule has 0 aliphatic rings. The second kappa shape index (κ2) is 8.69. The van der Waals surface area contributed by atoms with Crippen LogP contribution in [-0.4, -0.2) is 29.0 Å². The molecule has 0 atom stereocenters. The molecule has 0 saturated carbocycles. The fourth-order valence-electron chi connectivity index (χ4n) is 2.69. The molecule has 0 saturated heterocycles. The first-order valence-corrected chi connectivity index (χ1v) is 8.58. The highest BCUT2D eigenvalue weighted by Gasteiger charge is 2.10. The minimum Gasteiger partial charge on any atom is -0.493 e. The van der Waals surface area contributed by atoms with Crippen molar-refractivity contribution in [3.63, 3.8) is 0 Å². The molecule has 1 N–H and O–H groups in total. The van der Waals surface area contributed by atoms with E-state index in [1.54, 1.807) is 31.6 Å². The van der Waals surface area contributed by atoms with Crippen molar-refractivity contribution in [2.24, 2.45) is 0 Å². The van der Waals surface area contributed by atoms with Gasteiger partial charge in [-0.1, -0.05) is 35.9 Å². The van der Waals surface area contributed by atoms with Gasteiger partial charge in [0.1, 0.15) is 12.7 Å². The second-order valence-electron chi connectivity index (χ2n) is 5.83. The minimum atomic E-state index is 0.543. The summed E-state index contributed by atoms with van der Waals surface area (Å²) < 4.78 is 12.4. The van der Waals surface area contributed by atoms with E-state index in [1.165, 1.54) is 11.1 Å². The number of halogens is 1. The van der Waals surface area contributed by atoms with E-state index < -0.39 is 0 Å². The number of methoxy groups -OCH3 is 2. The van der Waals surface area contributed by atoms with Crippen molar-refractivity contribution in [1.82, 2.24) is 20.1 Å². The summed E-state index contributed by atoms with van der Waals surface area (Å²) in [5.41, 5.74) is 3.43. The molecular formula is C19H21ClN4O2. The van der Waals surface area contributed by atoms with E-state index in [1.807, 2.05) is 12.1 Å². The van der Waals surface area contributed by atoms with Gasteiger partial charge in [-0.05, 0) is 28.8 Å². The van der Waals surface area contributed by atoms with Crippen LogP contribution in [-0.2, 0) is 19.6 Å². The van der Waals surface area contributed by atoms with Crippen molar-refractivity contribution in [2.45, 2.75) is 19.6 Å². The van der Waals surface area contributed by atoms with Crippen molar-refractivity contribution in [1.29, 1.82) is 0 Å². The Labute approximate surface area is 157 Å². The molecule has 1 aromatic heterocycles. The van der Waals surface area contributed by atoms with E-state index in [0.29, 0.717) is 23.1 Å². The van der Waals surface area contributed by atoms with Crippen molar-refractivity contribution >= 4 is 11.6 Å². The molecule has 3 rings (SSSR count). The van der Waals surface area contributed by atoms with Crippen LogP contribution in [0.3, 0.4) is 0 Å². The van der Waals surface area contributed by atoms with Crippen LogP contribution in [0.4, 0.5) is 0 Å². The Kier molecular flexibility index (Phi) is 6.09. The Balaban J connectivity index is 1.55. The van der Waals surface area contributed by atoms with Gasteiger partial charge in [0.05, 0.1) is 25.8 Å². The Morgan fingerprint density at radius 3 is 2.38 bits per heavy atom. The number of nitrogens with one attached hydrogen (secondary N) is 1. The highest BCUT2D eigenvalue weighted by Crippen LogP contribution is 2.35. The SMILES string of the molecule is COc1cc(CNCc2ccc(Cn3cncn3)cc2)cc(Cl)c1OC. The maximum atomic E-state index is 6.24. The predicted octanol–water partition coefficient (Wildman–Crippen LogP) is 3.29. The van der Waals surface area contributed by atoms with E-state index in [0.717, 1.165) is 18.7 Å². The van der Waals surface area contributed by atoms with Gasteiger partial charge in [-0.25, -0.2) is 9.67 Å². The lowest BCUT2D eigenvalue weighted by Gasteiger charge is -2.12. The van der Waals surface area contributed by atoms with Crippen LogP contribution < -0.4 is 14.8 Å². The molecule has 3 aromatic rings. The molecular weight excluding hydrogens is 352 g/mol. The summed E-state index contributed by atoms with van der Waals surface area (Å²) in [7, 11) is 3.18. The fraction of sp³-hybridized carbons (Fsp3) is 0.263. The van der Waals surface area contributed by atoms with Gasteiger partial charge >= 0.3 is 0 Å². The summed E-state index contributed by atoms with van der Waals surface area (Å²) >= 11 is 6.24. The third-order valence-corrected chi connectivity index (χ3v) is 4.27. The topological polar surface area (TPSA) is 61.2 Å². The van der Waals surface area contributed by atoms with Gasteiger partial charge in [0, 0.05) is 13.1 Å². The minimum absolute atomic E-state index is 0.543. The Bertz CT molecular complexity index is 836. The third-order valence-electron chi connectivity index (χ3n) is 3.99. The summed E-state index contributed by atoms with van der Waals surface area (Å²) in [6.07, 6.45) is 3.25. The van der Waals surface area contributed by atoms with Crippen LogP contribution in [0.25, 0.3) is 0 Å². The summed E-state index contributed by atoms with van der Waals surface area (Å²) in [6.45, 7) is 2.16. The molecule has 0 aliphatic heterocycles. The quantitative estimate of drug-likeness (QED) is 0.657. The molecule has 0 amide bonds. The van der Waals surface area contributed by atoms with Crippen LogP contribution >= 0.6 is 11.6 Å². The van der Waals surface area contributed by atoms with Gasteiger partial charge in [0.15, 0.2) is 11.5 Å². The lowest BCUT2D eigenvalue weighted by molar-refractivity contribution is 0.354. The lowest BCUT2D eigenvalue weighted by Crippen LogP contribution is -2.13. The largest absolute Gasteiger partial charge is 0.493 e. The van der Waals surface area contributed by atoms with Crippen LogP contribution in [0.1, 0.15) is 16.7 Å². The maximum Gasteiger partial charge on any atom is 0.179 e. The van der Waals surface area contributed by atoms with Gasteiger partial charge in [-0.15, -0.1) is 0 Å². The smallest absolute Gasteiger partial charge is 0.179 e. The summed E-state index contributed by atoms with van der Waals surface area (Å²) in [5, 5.41) is 8.07. The van der Waals surface area contributed by atoms with Gasteiger partial charge < -0.3 is 14.8 Å². The van der Waals surface area contributed by atoms with Crippen LogP contribution in [0.15, 0.2) is 49.1 Å². The average Bonchev–Trinajstić information content (AvgIpc) is 3.15. The normalized spacial score (nSPS) is 10.7. The molecule has 7 heteroatoms. The first-order chi connectivity index (χ1) is 12.7. The lowest BCUT2D eigenvalue weighted by atomic mass is 10.1. The van der Waals surface area contributed by atoms with E-state index in [-0.39, 0.29) is 0 Å². The monoisotopic (exact) mass is 372 g/mol. The molecule has 6 nitrogen and oxygen atoms in total. The van der Waals surface area contributed by atoms with E-state index >= 15 is 0 Å². The fourth-order valence-corrected chi connectivity index (χ4v) is 3.00. The first-order valence-electron chi connectivity index (χ1n) is 8.21. The summed E-state index contributed by atoms with van der Waals surface area (Å²) in [5.74, 6) is 1.19. The van der Waals surface area contributed by atoms with Crippen molar-refractivity contribution in [2.75, 3.05) is 14.2 Å². The molecule has 136 valence electrons. The standard InChI is InChI=1S/C19H21ClN4O2/c1-25-18-8-16(7-17(20)19(18)26-2)10-21-9-14-3-5-15(6-4-14)11-24-13-22-12-23-24/h3-8,12-13,21H,9-11H2,1-2H3. The number of hydrogen-bond acceptors (Lipinski definition) is 5. The Hall–Kier alpha value is -2.57. The zero-order valence-electron chi connectivity index (χ0n) is 14.8. The molecule has 0 bridgehead atoms. The molecule has 26 heavy (non-hydrogen) atoms. The number of hydrogen-bond donors (Lipinski definition) is 1. The van der Waals surface area contributed by atoms with E-state index in [4.69, 9.17) is 21.1 Å². The molecule has 0 spiro atoms. The van der Waals surface area contributed by atoms with Gasteiger partial charge in [0.25, 0.3) is 0 Å². The maximum absolute atomic E-state index is 6.24. The van der Waals surface area contributed by atoms with Crippen LogP contribution in [0.5, 0.6) is 11.5 Å². The highest BCUT2D eigenvalue weighted by atomic mass is 35.5. The van der Waals surface area contributed by atoms with Gasteiger partial charge in [0.2, 0.25) is 0 Å². The molecule has 0 aliphatic carbocycles. The second-order valence-corrected chi connectivity index (χ2v) is 6.23. The van der Waals surface area contributed by atoms with Gasteiger partial charge in [-0.2, -0.15) is 5.10 Å². The third kappa shape index (κ3) is 4.53. The summed E-state index contributed by atoms with van der Waals surface area (Å²) in [6, 6.07) is 12.2. The van der Waals surface area contributed by atoms with Crippen LogP contribution in [0.2, 0.25) is 5.02 Å². The number of nitrogens with zero attached hydrogens (tertiary/aromatic N) is 3. The van der Waals surface area contributed by atoms with Crippen molar-refractivity contribution in [3.05, 3.63) is 70.8 Å². The van der Waals surface area contributed by atoms with Crippen molar-refractivity contribution in [3.8, 4) is 11.5 Å². The molecule has 2 aromatic carbocycles. The molecule has 0 radical (unpaired) electrons. The van der Waals surface area contributed by atoms with Crippen LogP contribution in [0, 0.1) is 0 Å². The number of rotatable bonds is 8. The average molecular weight is 373 g/mol. The number of ether oxygens (including phenoxy) is 2. The first kappa shape index (κ1) is 18.2. The Morgan fingerprint density at radius 2 is 1.73 bits per heavy atom.